The van der Waals surface area contributed by atoms with E-state index >= 15 is 0 Å². The van der Waals surface area contributed by atoms with Crippen molar-refractivity contribution in [1.82, 2.24) is 0 Å². The van der Waals surface area contributed by atoms with E-state index in [9.17, 15) is 0 Å². The van der Waals surface area contributed by atoms with Gasteiger partial charge in [-0.15, -0.1) is 11.3 Å². The Balaban J connectivity index is 0.752. The fourth-order valence-electron chi connectivity index (χ4n) is 12.0. The monoisotopic (exact) mass is 982 g/mol. The average molecular weight is 983 g/mol. The zero-order valence-electron chi connectivity index (χ0n) is 43.4. The van der Waals surface area contributed by atoms with Gasteiger partial charge in [-0.2, -0.15) is 0 Å². The van der Waals surface area contributed by atoms with Crippen LogP contribution < -0.4 is 9.80 Å². The SMILES string of the molecule is Cc1cccc(N(c2ccccc2)c2ccc3c(c2)C(C)(C)c2cc(C=Cc4ccc5sc6ccc(C=Cc7ccc8c(c7)C(C)(C)c7cc(N(c9ccccc9)c9cccc(C)c9)ccc7-8)cc6c5c4)ccc2-3)c1. The van der Waals surface area contributed by atoms with Gasteiger partial charge in [-0.3, -0.25) is 0 Å². The molecule has 0 unspecified atom stereocenters. The first-order chi connectivity index (χ1) is 36.5. The summed E-state index contributed by atoms with van der Waals surface area (Å²) in [4.78, 5) is 4.75. The van der Waals surface area contributed by atoms with Gasteiger partial charge in [0, 0.05) is 65.1 Å². The van der Waals surface area contributed by atoms with Crippen molar-refractivity contribution in [2.24, 2.45) is 0 Å². The molecule has 0 bridgehead atoms. The summed E-state index contributed by atoms with van der Waals surface area (Å²) in [6.45, 7) is 13.8. The maximum Gasteiger partial charge on any atom is 0.0465 e. The van der Waals surface area contributed by atoms with E-state index in [0.717, 1.165) is 22.7 Å². The molecule has 2 aliphatic carbocycles. The molecular weight excluding hydrogens is 925 g/mol. The van der Waals surface area contributed by atoms with Crippen molar-refractivity contribution in [3.63, 3.8) is 0 Å². The normalized spacial score (nSPS) is 13.8. The summed E-state index contributed by atoms with van der Waals surface area (Å²) < 4.78 is 2.62. The quantitative estimate of drug-likeness (QED) is 0.126. The lowest BCUT2D eigenvalue weighted by Gasteiger charge is -2.28. The number of fused-ring (bicyclic) bond motifs is 9. The van der Waals surface area contributed by atoms with E-state index in [1.807, 2.05) is 11.3 Å². The number of rotatable bonds is 10. The maximum absolute atomic E-state index is 2.41. The predicted octanol–water partition coefficient (Wildman–Crippen LogP) is 20.6. The summed E-state index contributed by atoms with van der Waals surface area (Å²) in [7, 11) is 0. The summed E-state index contributed by atoms with van der Waals surface area (Å²) in [5.74, 6) is 0. The summed E-state index contributed by atoms with van der Waals surface area (Å²) in [5, 5.41) is 2.60. The van der Waals surface area contributed by atoms with Crippen LogP contribution in [-0.4, -0.2) is 0 Å². The van der Waals surface area contributed by atoms with Crippen LogP contribution >= 0.6 is 11.3 Å². The van der Waals surface area contributed by atoms with Crippen molar-refractivity contribution in [3.05, 3.63) is 274 Å². The molecule has 0 atom stereocenters. The van der Waals surface area contributed by atoms with E-state index in [1.54, 1.807) is 0 Å². The fraction of sp³-hybridized carbons (Fsp3) is 0.111. The van der Waals surface area contributed by atoms with Crippen LogP contribution in [0.3, 0.4) is 0 Å². The number of thiophene rings is 1. The Kier molecular flexibility index (Phi) is 11.2. The van der Waals surface area contributed by atoms with Crippen LogP contribution in [-0.2, 0) is 10.8 Å². The van der Waals surface area contributed by atoms with E-state index in [2.05, 4.69) is 294 Å². The third kappa shape index (κ3) is 8.20. The molecule has 0 saturated carbocycles. The summed E-state index contributed by atoms with van der Waals surface area (Å²) in [6.07, 6.45) is 9.12. The number of nitrogens with zero attached hydrogens (tertiary/aromatic N) is 2. The molecule has 0 amide bonds. The first-order valence-electron chi connectivity index (χ1n) is 26.2. The van der Waals surface area contributed by atoms with Gasteiger partial charge in [0.25, 0.3) is 0 Å². The van der Waals surface area contributed by atoms with Gasteiger partial charge in [0.2, 0.25) is 0 Å². The molecule has 75 heavy (non-hydrogen) atoms. The minimum atomic E-state index is -0.165. The third-order valence-electron chi connectivity index (χ3n) is 15.9. The molecule has 0 radical (unpaired) electrons. The van der Waals surface area contributed by atoms with Gasteiger partial charge in [-0.25, -0.2) is 0 Å². The standard InChI is InChI=1S/C72H58N2S/c1-47-15-13-21-55(39-47)73(53-17-9-7-10-18-53)57-31-35-61-59-33-27-51(43-65(59)71(3,4)67(61)45-57)25-23-49-29-37-69-63(41-49)64-42-50(30-38-70(64)75-69)24-26-52-28-34-60-62-36-32-58(46-68(62)72(5,6)66(60)44-52)74(54-19-11-8-12-20-54)56-22-14-16-48(2)40-56/h7-46H,1-6H3. The minimum absolute atomic E-state index is 0.165. The van der Waals surface area contributed by atoms with Crippen molar-refractivity contribution in [2.45, 2.75) is 52.4 Å². The molecule has 10 aromatic carbocycles. The molecule has 13 rings (SSSR count). The third-order valence-corrected chi connectivity index (χ3v) is 17.0. The highest BCUT2D eigenvalue weighted by Crippen LogP contribution is 2.53. The Morgan fingerprint density at radius 3 is 1.04 bits per heavy atom. The second-order valence-corrected chi connectivity index (χ2v) is 22.7. The van der Waals surface area contributed by atoms with Gasteiger partial charge >= 0.3 is 0 Å². The summed E-state index contributed by atoms with van der Waals surface area (Å²) in [6, 6.07) is 80.9. The zero-order valence-corrected chi connectivity index (χ0v) is 44.2. The summed E-state index contributed by atoms with van der Waals surface area (Å²) in [5.41, 5.74) is 24.7. The van der Waals surface area contributed by atoms with Crippen molar-refractivity contribution in [1.29, 1.82) is 0 Å². The molecular formula is C72H58N2S. The van der Waals surface area contributed by atoms with E-state index < -0.39 is 0 Å². The van der Waals surface area contributed by atoms with Crippen LogP contribution in [0.2, 0.25) is 0 Å². The van der Waals surface area contributed by atoms with Gasteiger partial charge in [0.1, 0.15) is 0 Å². The first kappa shape index (κ1) is 46.3. The largest absolute Gasteiger partial charge is 0.310 e. The minimum Gasteiger partial charge on any atom is -0.310 e. The Morgan fingerprint density at radius 1 is 0.307 bits per heavy atom. The topological polar surface area (TPSA) is 6.48 Å². The molecule has 11 aromatic rings. The fourth-order valence-corrected chi connectivity index (χ4v) is 13.0. The van der Waals surface area contributed by atoms with Gasteiger partial charge in [0.15, 0.2) is 0 Å². The highest BCUT2D eigenvalue weighted by atomic mass is 32.1. The van der Waals surface area contributed by atoms with Gasteiger partial charge < -0.3 is 9.80 Å². The average Bonchev–Trinajstić information content (AvgIpc) is 4.06. The molecule has 2 aliphatic rings. The van der Waals surface area contributed by atoms with E-state index in [4.69, 9.17) is 0 Å². The Labute approximate surface area is 445 Å². The Bertz CT molecular complexity index is 3830. The molecule has 1 heterocycles. The Morgan fingerprint density at radius 2 is 0.640 bits per heavy atom. The van der Waals surface area contributed by atoms with Crippen LogP contribution in [0.1, 0.15) is 83.3 Å². The van der Waals surface area contributed by atoms with Crippen molar-refractivity contribution in [3.8, 4) is 22.3 Å². The maximum atomic E-state index is 2.41. The number of anilines is 6. The smallest absolute Gasteiger partial charge is 0.0465 e. The molecule has 362 valence electrons. The lowest BCUT2D eigenvalue weighted by Crippen LogP contribution is -2.16. The van der Waals surface area contributed by atoms with E-state index in [1.165, 1.54) is 109 Å². The number of benzene rings is 10. The van der Waals surface area contributed by atoms with Gasteiger partial charge in [-0.05, 0) is 189 Å². The van der Waals surface area contributed by atoms with E-state index in [0.29, 0.717) is 0 Å². The number of hydrogen-bond donors (Lipinski definition) is 0. The van der Waals surface area contributed by atoms with Crippen molar-refractivity contribution >= 4 is 89.9 Å². The molecule has 0 fully saturated rings. The van der Waals surface area contributed by atoms with Crippen molar-refractivity contribution < 1.29 is 0 Å². The van der Waals surface area contributed by atoms with Crippen LogP contribution in [0.4, 0.5) is 34.1 Å². The highest BCUT2D eigenvalue weighted by Gasteiger charge is 2.37. The lowest BCUT2D eigenvalue weighted by atomic mass is 9.81. The van der Waals surface area contributed by atoms with Gasteiger partial charge in [-0.1, -0.05) is 173 Å². The zero-order chi connectivity index (χ0) is 51.0. The molecule has 0 aliphatic heterocycles. The molecule has 0 N–H and O–H groups in total. The molecule has 0 saturated heterocycles. The number of hydrogen-bond acceptors (Lipinski definition) is 3. The van der Waals surface area contributed by atoms with Crippen molar-refractivity contribution in [2.75, 3.05) is 9.80 Å². The van der Waals surface area contributed by atoms with Gasteiger partial charge in [0.05, 0.1) is 0 Å². The molecule has 1 aromatic heterocycles. The van der Waals surface area contributed by atoms with Crippen LogP contribution in [0.25, 0.3) is 66.7 Å². The molecule has 2 nitrogen and oxygen atoms in total. The summed E-state index contributed by atoms with van der Waals surface area (Å²) >= 11 is 1.87. The Hall–Kier alpha value is -8.50. The van der Waals surface area contributed by atoms with E-state index in [-0.39, 0.29) is 10.8 Å². The second-order valence-electron chi connectivity index (χ2n) is 21.6. The highest BCUT2D eigenvalue weighted by molar-refractivity contribution is 7.25. The first-order valence-corrected chi connectivity index (χ1v) is 27.0. The van der Waals surface area contributed by atoms with Crippen LogP contribution in [0.15, 0.2) is 218 Å². The molecule has 3 heteroatoms. The lowest BCUT2D eigenvalue weighted by molar-refractivity contribution is 0.660. The number of para-hydroxylation sites is 2. The van der Waals surface area contributed by atoms with Crippen LogP contribution in [0, 0.1) is 13.8 Å². The molecule has 0 spiro atoms. The predicted molar refractivity (Wildman–Crippen MR) is 324 cm³/mol. The number of aryl methyl sites for hydroxylation is 2. The second kappa shape index (κ2) is 18.2. The van der Waals surface area contributed by atoms with Crippen LogP contribution in [0.5, 0.6) is 0 Å².